The summed E-state index contributed by atoms with van der Waals surface area (Å²) in [7, 11) is 0. The van der Waals surface area contributed by atoms with Crippen molar-refractivity contribution in [1.82, 2.24) is 10.2 Å². The highest BCUT2D eigenvalue weighted by molar-refractivity contribution is 5.81. The molecule has 2 heterocycles. The summed E-state index contributed by atoms with van der Waals surface area (Å²) in [4.78, 5) is 14.1. The predicted octanol–water partition coefficient (Wildman–Crippen LogP) is 3.58. The topological polar surface area (TPSA) is 71.0 Å². The molecule has 6 nitrogen and oxygen atoms in total. The molecule has 1 aromatic rings. The minimum atomic E-state index is -4.92. The highest BCUT2D eigenvalue weighted by Gasteiger charge is 2.44. The predicted molar refractivity (Wildman–Crippen MR) is 112 cm³/mol. The van der Waals surface area contributed by atoms with Gasteiger partial charge in [-0.25, -0.2) is 0 Å². The van der Waals surface area contributed by atoms with Crippen molar-refractivity contribution in [2.24, 2.45) is 5.92 Å². The largest absolute Gasteiger partial charge is 0.454 e. The van der Waals surface area contributed by atoms with Crippen molar-refractivity contribution in [2.45, 2.75) is 69.2 Å². The Morgan fingerprint density at radius 1 is 1.12 bits per heavy atom. The van der Waals surface area contributed by atoms with Gasteiger partial charge in [0.25, 0.3) is 5.91 Å². The zero-order valence-electron chi connectivity index (χ0n) is 18.1. The average molecular weight is 457 g/mol. The molecular formula is C23H31F3N2O4. The monoisotopic (exact) mass is 456 g/mol. The number of fused-ring (bicyclic) bond motifs is 1. The smallest absolute Gasteiger partial charge is 0.423 e. The van der Waals surface area contributed by atoms with Gasteiger partial charge in [-0.2, -0.15) is 13.2 Å². The molecule has 1 aliphatic carbocycles. The lowest BCUT2D eigenvalue weighted by atomic mass is 9.83. The summed E-state index contributed by atoms with van der Waals surface area (Å²) >= 11 is 0. The lowest BCUT2D eigenvalue weighted by Gasteiger charge is -2.35. The fourth-order valence-electron chi connectivity index (χ4n) is 5.13. The number of amides is 1. The molecule has 2 N–H and O–H groups in total. The van der Waals surface area contributed by atoms with Crippen LogP contribution in [0.25, 0.3) is 0 Å². The van der Waals surface area contributed by atoms with Gasteiger partial charge in [0.1, 0.15) is 0 Å². The van der Waals surface area contributed by atoms with Crippen LogP contribution in [0, 0.1) is 5.92 Å². The van der Waals surface area contributed by atoms with Crippen LogP contribution in [0.2, 0.25) is 0 Å². The van der Waals surface area contributed by atoms with E-state index in [9.17, 15) is 18.0 Å². The van der Waals surface area contributed by atoms with Crippen molar-refractivity contribution < 1.29 is 32.5 Å². The van der Waals surface area contributed by atoms with Crippen LogP contribution < -0.4 is 14.8 Å². The molecule has 0 spiro atoms. The van der Waals surface area contributed by atoms with E-state index in [4.69, 9.17) is 14.6 Å². The Morgan fingerprint density at radius 2 is 1.84 bits per heavy atom. The molecule has 32 heavy (non-hydrogen) atoms. The molecule has 178 valence electrons. The Hall–Kier alpha value is -2.00. The van der Waals surface area contributed by atoms with E-state index in [1.165, 1.54) is 5.56 Å². The number of aliphatic hydroxyl groups is 1. The maximum absolute atomic E-state index is 12.4. The van der Waals surface area contributed by atoms with E-state index < -0.39 is 18.2 Å². The summed E-state index contributed by atoms with van der Waals surface area (Å²) in [5.41, 5.74) is 1.25. The van der Waals surface area contributed by atoms with Crippen LogP contribution in [0.4, 0.5) is 13.2 Å². The van der Waals surface area contributed by atoms with E-state index in [1.54, 1.807) is 0 Å². The van der Waals surface area contributed by atoms with E-state index in [0.29, 0.717) is 31.5 Å². The third kappa shape index (κ3) is 5.49. The summed E-state index contributed by atoms with van der Waals surface area (Å²) < 4.78 is 48.5. The van der Waals surface area contributed by atoms with Gasteiger partial charge < -0.3 is 24.8 Å². The molecule has 9 heteroatoms. The average Bonchev–Trinajstić information content (AvgIpc) is 3.27. The number of carbonyl (C=O) groups excluding carboxylic acids is 1. The van der Waals surface area contributed by atoms with E-state index in [1.807, 2.05) is 12.1 Å². The second-order valence-corrected chi connectivity index (χ2v) is 9.16. The second kappa shape index (κ2) is 9.87. The fourth-order valence-corrected chi connectivity index (χ4v) is 5.13. The normalized spacial score (nSPS) is 25.5. The van der Waals surface area contributed by atoms with Gasteiger partial charge >= 0.3 is 6.18 Å². The zero-order chi connectivity index (χ0) is 22.7. The summed E-state index contributed by atoms with van der Waals surface area (Å²) in [6.45, 7) is 3.39. The van der Waals surface area contributed by atoms with E-state index in [0.717, 1.165) is 63.2 Å². The molecule has 1 aromatic carbocycles. The van der Waals surface area contributed by atoms with Crippen molar-refractivity contribution in [2.75, 3.05) is 26.4 Å². The molecule has 1 amide bonds. The van der Waals surface area contributed by atoms with Crippen LogP contribution in [-0.4, -0.2) is 60.7 Å². The second-order valence-electron chi connectivity index (χ2n) is 9.16. The van der Waals surface area contributed by atoms with E-state index >= 15 is 0 Å². The summed E-state index contributed by atoms with van der Waals surface area (Å²) in [5.74, 6) is 1.40. The van der Waals surface area contributed by atoms with E-state index in [2.05, 4.69) is 16.3 Å². The number of para-hydroxylation sites is 1. The number of carbonyl (C=O) groups is 1. The number of likely N-dealkylation sites (tertiary alicyclic amines) is 1. The highest BCUT2D eigenvalue weighted by Crippen LogP contribution is 2.42. The third-order valence-electron chi connectivity index (χ3n) is 7.06. The molecule has 2 fully saturated rings. The Labute approximate surface area is 186 Å². The van der Waals surface area contributed by atoms with Gasteiger partial charge in [0.15, 0.2) is 11.5 Å². The van der Waals surface area contributed by atoms with Crippen LogP contribution in [0.1, 0.15) is 56.4 Å². The molecule has 3 aliphatic rings. The minimum Gasteiger partial charge on any atom is -0.454 e. The molecule has 1 atom stereocenters. The maximum Gasteiger partial charge on any atom is 0.423 e. The number of rotatable bonds is 6. The van der Waals surface area contributed by atoms with Crippen LogP contribution >= 0.6 is 0 Å². The van der Waals surface area contributed by atoms with Gasteiger partial charge in [-0.1, -0.05) is 12.1 Å². The Bertz CT molecular complexity index is 788. The zero-order valence-corrected chi connectivity index (χ0v) is 18.1. The number of nitrogens with one attached hydrogen (secondary N) is 1. The minimum absolute atomic E-state index is 0.287. The first-order valence-electron chi connectivity index (χ1n) is 11.5. The number of halogens is 3. The first-order valence-corrected chi connectivity index (χ1v) is 11.5. The van der Waals surface area contributed by atoms with Crippen molar-refractivity contribution >= 4 is 5.91 Å². The SMILES string of the molecule is O=C(N[C@H]1CC[C@H](CCN2CCC(c3cccc4c3OCO4)CC2)CC1)C(O)C(F)(F)F. The van der Waals surface area contributed by atoms with Gasteiger partial charge in [0.05, 0.1) is 0 Å². The number of nitrogens with zero attached hydrogens (tertiary/aromatic N) is 1. The quantitative estimate of drug-likeness (QED) is 0.685. The maximum atomic E-state index is 12.4. The number of hydrogen-bond acceptors (Lipinski definition) is 5. The highest BCUT2D eigenvalue weighted by atomic mass is 19.4. The van der Waals surface area contributed by atoms with Crippen molar-refractivity contribution in [3.05, 3.63) is 23.8 Å². The van der Waals surface area contributed by atoms with Crippen LogP contribution in [0.15, 0.2) is 18.2 Å². The van der Waals surface area contributed by atoms with Gasteiger partial charge in [0, 0.05) is 11.6 Å². The lowest BCUT2D eigenvalue weighted by Crippen LogP contribution is -2.48. The Kier molecular flexibility index (Phi) is 7.14. The number of piperidine rings is 1. The van der Waals surface area contributed by atoms with Crippen molar-refractivity contribution in [3.8, 4) is 11.5 Å². The molecule has 4 rings (SSSR count). The Morgan fingerprint density at radius 3 is 2.53 bits per heavy atom. The molecule has 1 saturated carbocycles. The van der Waals surface area contributed by atoms with Gasteiger partial charge in [-0.05, 0) is 82.5 Å². The fraction of sp³-hybridized carbons (Fsp3) is 0.696. The number of aliphatic hydroxyl groups excluding tert-OH is 1. The molecule has 2 aliphatic heterocycles. The standard InChI is InChI=1S/C23H31F3N2O4/c24-23(25,26)21(29)22(30)27-17-6-4-15(5-7-17)8-11-28-12-9-16(10-13-28)18-2-1-3-19-20(18)32-14-31-19/h1-3,15-17,21,29H,4-14H2,(H,27,30)/t15-,17-,21?. The van der Waals surface area contributed by atoms with Crippen molar-refractivity contribution in [1.29, 1.82) is 0 Å². The molecule has 1 saturated heterocycles. The van der Waals surface area contributed by atoms with Crippen LogP contribution in [0.5, 0.6) is 11.5 Å². The summed E-state index contributed by atoms with van der Waals surface area (Å²) in [5, 5.41) is 11.4. The number of hydrogen-bond donors (Lipinski definition) is 2. The Balaban J connectivity index is 1.15. The first kappa shape index (κ1) is 23.2. The van der Waals surface area contributed by atoms with Gasteiger partial charge in [-0.15, -0.1) is 0 Å². The van der Waals surface area contributed by atoms with E-state index in [-0.39, 0.29) is 6.04 Å². The van der Waals surface area contributed by atoms with Crippen molar-refractivity contribution in [3.63, 3.8) is 0 Å². The molecule has 0 bridgehead atoms. The van der Waals surface area contributed by atoms with Crippen LogP contribution in [0.3, 0.4) is 0 Å². The number of ether oxygens (including phenoxy) is 2. The molecule has 0 radical (unpaired) electrons. The van der Waals surface area contributed by atoms with Gasteiger partial charge in [0.2, 0.25) is 12.9 Å². The molecular weight excluding hydrogens is 425 g/mol. The third-order valence-corrected chi connectivity index (χ3v) is 7.06. The number of alkyl halides is 3. The van der Waals surface area contributed by atoms with Crippen LogP contribution in [-0.2, 0) is 4.79 Å². The van der Waals surface area contributed by atoms with Gasteiger partial charge in [-0.3, -0.25) is 4.79 Å². The molecule has 1 unspecified atom stereocenters. The lowest BCUT2D eigenvalue weighted by molar-refractivity contribution is -0.205. The molecule has 0 aromatic heterocycles. The number of benzene rings is 1. The summed E-state index contributed by atoms with van der Waals surface area (Å²) in [6.07, 6.45) is -1.55. The summed E-state index contributed by atoms with van der Waals surface area (Å²) in [6, 6.07) is 5.82. The first-order chi connectivity index (χ1) is 15.3.